The molecule has 4 aliphatic rings. The molecular weight excluding hydrogens is 582 g/mol. The normalized spacial score (nSPS) is 26.0. The minimum atomic E-state index is -1.24. The predicted octanol–water partition coefficient (Wildman–Crippen LogP) is 6.01. The maximum atomic E-state index is 16.1. The lowest BCUT2D eigenvalue weighted by atomic mass is 9.73. The first-order valence-corrected chi connectivity index (χ1v) is 14.6. The summed E-state index contributed by atoms with van der Waals surface area (Å²) in [6, 6.07) is 12.9. The van der Waals surface area contributed by atoms with Gasteiger partial charge in [0.1, 0.15) is 22.4 Å². The number of carbonyl (C=O) groups is 2. The molecule has 214 valence electrons. The molecule has 1 saturated carbocycles. The first-order chi connectivity index (χ1) is 20.2. The van der Waals surface area contributed by atoms with Crippen molar-refractivity contribution in [2.75, 3.05) is 19.0 Å². The first kappa shape index (κ1) is 26.0. The first-order valence-electron chi connectivity index (χ1n) is 13.9. The Morgan fingerprint density at radius 1 is 1.21 bits per heavy atom. The number of ether oxygens (including phenoxy) is 1. The average molecular weight is 607 g/mol. The van der Waals surface area contributed by atoms with Crippen molar-refractivity contribution in [3.05, 3.63) is 86.8 Å². The molecule has 1 spiro atoms. The van der Waals surface area contributed by atoms with Crippen LogP contribution >= 0.6 is 23.2 Å². The van der Waals surface area contributed by atoms with Crippen LogP contribution in [-0.2, 0) is 16.8 Å². The molecule has 8 nitrogen and oxygen atoms in total. The van der Waals surface area contributed by atoms with E-state index in [1.165, 1.54) is 19.2 Å². The number of amides is 1. The maximum Gasteiger partial charge on any atom is 0.339 e. The SMILES string of the molecule is COc1c(C(=O)O)ccc2c3n(nc12)C1[C@H](C3)N(CC2CC2)[C@@]2(C(=O)Nc3cc(Cl)ccc32)[C@H]1c1cccc(Cl)c1F. The Balaban J connectivity index is 1.43. The third-order valence-corrected chi connectivity index (χ3v) is 10.1. The van der Waals surface area contributed by atoms with Crippen molar-refractivity contribution in [3.8, 4) is 5.75 Å². The van der Waals surface area contributed by atoms with E-state index in [1.54, 1.807) is 30.3 Å². The minimum absolute atomic E-state index is 0.00925. The number of benzene rings is 3. The van der Waals surface area contributed by atoms with Crippen LogP contribution in [0.5, 0.6) is 5.75 Å². The highest BCUT2D eigenvalue weighted by atomic mass is 35.5. The van der Waals surface area contributed by atoms with Gasteiger partial charge in [0.05, 0.1) is 18.2 Å². The number of halogens is 3. The van der Waals surface area contributed by atoms with E-state index in [2.05, 4.69) is 10.2 Å². The van der Waals surface area contributed by atoms with Crippen molar-refractivity contribution in [2.24, 2.45) is 5.92 Å². The van der Waals surface area contributed by atoms with Gasteiger partial charge in [-0.25, -0.2) is 9.18 Å². The fraction of sp³-hybridized carbons (Fsp3) is 0.323. The highest BCUT2D eigenvalue weighted by Gasteiger charge is 2.69. The summed E-state index contributed by atoms with van der Waals surface area (Å²) >= 11 is 12.7. The number of likely N-dealkylation sites (tertiary alicyclic amines) is 1. The number of hydrogen-bond donors (Lipinski definition) is 2. The Bertz CT molecular complexity index is 1860. The summed E-state index contributed by atoms with van der Waals surface area (Å²) in [6.07, 6.45) is 2.68. The van der Waals surface area contributed by atoms with Gasteiger partial charge in [-0.05, 0) is 54.7 Å². The van der Waals surface area contributed by atoms with Gasteiger partial charge in [0.2, 0.25) is 5.91 Å². The van der Waals surface area contributed by atoms with Gasteiger partial charge >= 0.3 is 5.97 Å². The number of aromatic nitrogens is 2. The number of carboxylic acids is 1. The van der Waals surface area contributed by atoms with Crippen molar-refractivity contribution < 1.29 is 23.8 Å². The van der Waals surface area contributed by atoms with Crippen molar-refractivity contribution in [2.45, 2.75) is 42.8 Å². The van der Waals surface area contributed by atoms with Gasteiger partial charge in [-0.3, -0.25) is 14.4 Å². The number of carboxylic acid groups (broad SMARTS) is 1. The molecule has 11 heteroatoms. The second kappa shape index (κ2) is 8.92. The average Bonchev–Trinajstić information content (AvgIpc) is 3.40. The Hall–Kier alpha value is -3.66. The molecule has 1 aromatic heterocycles. The molecular formula is C31H25Cl2FN4O4. The van der Waals surface area contributed by atoms with Crippen LogP contribution in [0.1, 0.15) is 52.0 Å². The van der Waals surface area contributed by atoms with E-state index in [0.717, 1.165) is 29.5 Å². The number of hydrogen-bond acceptors (Lipinski definition) is 5. The van der Waals surface area contributed by atoms with Gasteiger partial charge in [0.25, 0.3) is 0 Å². The lowest BCUT2D eigenvalue weighted by molar-refractivity contribution is -0.128. The Morgan fingerprint density at radius 3 is 2.76 bits per heavy atom. The topological polar surface area (TPSA) is 96.7 Å². The molecule has 4 heterocycles. The lowest BCUT2D eigenvalue weighted by Crippen LogP contribution is -2.53. The quantitative estimate of drug-likeness (QED) is 0.289. The molecule has 0 radical (unpaired) electrons. The number of fused-ring (bicyclic) bond motifs is 7. The molecule has 0 bridgehead atoms. The Labute approximate surface area is 250 Å². The highest BCUT2D eigenvalue weighted by molar-refractivity contribution is 6.31. The highest BCUT2D eigenvalue weighted by Crippen LogP contribution is 2.64. The summed E-state index contributed by atoms with van der Waals surface area (Å²) in [5.41, 5.74) is 1.78. The van der Waals surface area contributed by atoms with E-state index < -0.39 is 29.3 Å². The van der Waals surface area contributed by atoms with Crippen LogP contribution in [0.2, 0.25) is 10.0 Å². The van der Waals surface area contributed by atoms with Crippen molar-refractivity contribution in [1.82, 2.24) is 14.7 Å². The third-order valence-electron chi connectivity index (χ3n) is 9.54. The van der Waals surface area contributed by atoms with Gasteiger partial charge in [0.15, 0.2) is 5.75 Å². The van der Waals surface area contributed by atoms with E-state index in [4.69, 9.17) is 33.0 Å². The Morgan fingerprint density at radius 2 is 2.02 bits per heavy atom. The third kappa shape index (κ3) is 3.30. The van der Waals surface area contributed by atoms with E-state index in [1.807, 2.05) is 10.7 Å². The van der Waals surface area contributed by atoms with Gasteiger partial charge in [-0.2, -0.15) is 5.10 Å². The molecule has 8 rings (SSSR count). The van der Waals surface area contributed by atoms with Crippen molar-refractivity contribution >= 4 is 51.7 Å². The molecule has 1 aliphatic carbocycles. The summed E-state index contributed by atoms with van der Waals surface area (Å²) in [4.78, 5) is 28.7. The van der Waals surface area contributed by atoms with E-state index >= 15 is 4.39 Å². The number of aromatic carboxylic acids is 1. The van der Waals surface area contributed by atoms with Crippen molar-refractivity contribution in [1.29, 1.82) is 0 Å². The van der Waals surface area contributed by atoms with E-state index in [9.17, 15) is 14.7 Å². The number of nitrogens with zero attached hydrogens (tertiary/aromatic N) is 3. The van der Waals surface area contributed by atoms with Crippen LogP contribution < -0.4 is 10.1 Å². The van der Waals surface area contributed by atoms with Gasteiger partial charge in [0, 0.05) is 52.3 Å². The molecule has 42 heavy (non-hydrogen) atoms. The van der Waals surface area contributed by atoms with Crippen LogP contribution in [0.15, 0.2) is 48.5 Å². The largest absolute Gasteiger partial charge is 0.493 e. The second-order valence-electron chi connectivity index (χ2n) is 11.6. The maximum absolute atomic E-state index is 16.1. The molecule has 4 aromatic rings. The summed E-state index contributed by atoms with van der Waals surface area (Å²) in [7, 11) is 1.42. The zero-order chi connectivity index (χ0) is 29.1. The molecule has 3 aliphatic heterocycles. The number of nitrogens with one attached hydrogen (secondary N) is 1. The van der Waals surface area contributed by atoms with E-state index in [-0.39, 0.29) is 28.3 Å². The monoisotopic (exact) mass is 606 g/mol. The number of carbonyl (C=O) groups excluding carboxylic acids is 1. The fourth-order valence-electron chi connectivity index (χ4n) is 7.76. The van der Waals surface area contributed by atoms with Crippen LogP contribution in [0, 0.1) is 11.7 Å². The van der Waals surface area contributed by atoms with Crippen molar-refractivity contribution in [3.63, 3.8) is 0 Å². The zero-order valence-corrected chi connectivity index (χ0v) is 23.9. The van der Waals surface area contributed by atoms with Crippen LogP contribution in [0.4, 0.5) is 10.1 Å². The number of rotatable bonds is 5. The van der Waals surface area contributed by atoms with Gasteiger partial charge in [-0.15, -0.1) is 0 Å². The number of anilines is 1. The second-order valence-corrected chi connectivity index (χ2v) is 12.5. The fourth-order valence-corrected chi connectivity index (χ4v) is 8.11. The van der Waals surface area contributed by atoms with Crippen LogP contribution in [-0.4, -0.2) is 51.4 Å². The smallest absolute Gasteiger partial charge is 0.339 e. The Kier molecular flexibility index (Phi) is 5.52. The summed E-state index contributed by atoms with van der Waals surface area (Å²) in [6.45, 7) is 0.671. The zero-order valence-electron chi connectivity index (χ0n) is 22.4. The predicted molar refractivity (Wildman–Crippen MR) is 155 cm³/mol. The molecule has 3 aromatic carbocycles. The van der Waals surface area contributed by atoms with Gasteiger partial charge in [-0.1, -0.05) is 41.4 Å². The van der Waals surface area contributed by atoms with Gasteiger partial charge < -0.3 is 15.2 Å². The minimum Gasteiger partial charge on any atom is -0.493 e. The molecule has 2 fully saturated rings. The molecule has 1 saturated heterocycles. The van der Waals surface area contributed by atoms with E-state index in [0.29, 0.717) is 40.7 Å². The van der Waals surface area contributed by atoms with Crippen LogP contribution in [0.25, 0.3) is 10.9 Å². The lowest BCUT2D eigenvalue weighted by Gasteiger charge is -2.40. The summed E-state index contributed by atoms with van der Waals surface area (Å²) in [5.74, 6) is -2.03. The summed E-state index contributed by atoms with van der Waals surface area (Å²) in [5, 5.41) is 19.0. The standard InChI is InChI=1S/C31H25Cl2FN4O4/c1-42-28-18(29(39)40)9-8-16-22-12-23-27(38(22)36-26(16)28)24(17-3-2-4-20(33)25(17)34)31(37(23)13-14-5-6-14)19-10-7-15(32)11-21(19)35-30(31)41/h2-4,7-11,14,23-24,27H,5-6,12-13H2,1H3,(H,35,41)(H,39,40)/t23-,24-,27?,31+/m0/s1. The molecule has 4 atom stereocenters. The van der Waals surface area contributed by atoms with Crippen LogP contribution in [0.3, 0.4) is 0 Å². The molecule has 1 unspecified atom stereocenters. The summed E-state index contributed by atoms with van der Waals surface area (Å²) < 4.78 is 23.6. The number of methoxy groups -OCH3 is 1. The molecule has 1 amide bonds. The molecule has 2 N–H and O–H groups in total.